The molecule has 0 aliphatic heterocycles. The highest BCUT2D eigenvalue weighted by Gasteiger charge is 2.30. The Morgan fingerprint density at radius 1 is 0.861 bits per heavy atom. The summed E-state index contributed by atoms with van der Waals surface area (Å²) in [6.45, 7) is -0.886. The average molecular weight is 543 g/mol. The first kappa shape index (κ1) is 25.5. The van der Waals surface area contributed by atoms with Crippen LogP contribution in [0.2, 0.25) is 10.0 Å². The number of carboxylic acid groups (broad SMARTS) is 1. The minimum atomic E-state index is -4.44. The van der Waals surface area contributed by atoms with E-state index in [-0.39, 0.29) is 26.2 Å². The van der Waals surface area contributed by atoms with Gasteiger partial charge in [0.25, 0.3) is 15.9 Å². The van der Waals surface area contributed by atoms with Crippen molar-refractivity contribution in [3.63, 3.8) is 0 Å². The highest BCUT2D eigenvalue weighted by atomic mass is 35.5. The second kappa shape index (κ2) is 10.2. The zero-order chi connectivity index (χ0) is 26.0. The van der Waals surface area contributed by atoms with E-state index < -0.39 is 28.4 Å². The fraction of sp³-hybridized carbons (Fsp3) is 0.0769. The normalized spacial score (nSPS) is 11.3. The van der Waals surface area contributed by atoms with Crippen molar-refractivity contribution in [1.29, 1.82) is 0 Å². The van der Waals surface area contributed by atoms with Crippen LogP contribution < -0.4 is 9.21 Å². The molecule has 0 aliphatic rings. The van der Waals surface area contributed by atoms with Gasteiger partial charge in [0, 0.05) is 33.7 Å². The molecule has 0 heterocycles. The maximum absolute atomic E-state index is 13.7. The maximum Gasteiger partial charge on any atom is 0.324 e. The van der Waals surface area contributed by atoms with Gasteiger partial charge in [0.2, 0.25) is 0 Å². The summed E-state index contributed by atoms with van der Waals surface area (Å²) in [6.07, 6.45) is 0. The molecule has 0 unspecified atom stereocenters. The monoisotopic (exact) mass is 542 g/mol. The van der Waals surface area contributed by atoms with Crippen molar-refractivity contribution < 1.29 is 23.1 Å². The number of anilines is 2. The van der Waals surface area contributed by atoms with E-state index >= 15 is 0 Å². The standard InChI is InChI=1S/C26H20Cl2N2O5S/c1-29(21-8-3-2-4-9-21)26(33)18-11-17-7-5-6-10-23(17)24(12-18)30(16-25(31)32)36(34,35)22-14-19(27)13-20(28)15-22/h2-15H,16H2,1H3,(H,31,32). The molecule has 0 fully saturated rings. The molecule has 7 nitrogen and oxygen atoms in total. The number of amides is 1. The lowest BCUT2D eigenvalue weighted by molar-refractivity contribution is -0.135. The summed E-state index contributed by atoms with van der Waals surface area (Å²) in [5.41, 5.74) is 0.863. The Bertz CT molecular complexity index is 1560. The maximum atomic E-state index is 13.7. The summed E-state index contributed by atoms with van der Waals surface area (Å²) in [4.78, 5) is 26.4. The number of para-hydroxylation sites is 1. The van der Waals surface area contributed by atoms with Crippen LogP contribution in [0, 0.1) is 0 Å². The predicted molar refractivity (Wildman–Crippen MR) is 142 cm³/mol. The largest absolute Gasteiger partial charge is 0.480 e. The van der Waals surface area contributed by atoms with Gasteiger partial charge in [-0.1, -0.05) is 65.7 Å². The minimum Gasteiger partial charge on any atom is -0.480 e. The lowest BCUT2D eigenvalue weighted by Gasteiger charge is -2.26. The first-order valence-corrected chi connectivity index (χ1v) is 12.8. The van der Waals surface area contributed by atoms with Crippen molar-refractivity contribution >= 4 is 67.2 Å². The number of benzene rings is 4. The number of sulfonamides is 1. The molecule has 0 saturated heterocycles. The highest BCUT2D eigenvalue weighted by Crippen LogP contribution is 2.34. The van der Waals surface area contributed by atoms with E-state index in [0.29, 0.717) is 16.5 Å². The van der Waals surface area contributed by atoms with Gasteiger partial charge in [0.1, 0.15) is 6.54 Å². The van der Waals surface area contributed by atoms with E-state index in [1.54, 1.807) is 61.6 Å². The predicted octanol–water partition coefficient (Wildman–Crippen LogP) is 5.70. The molecule has 0 aliphatic carbocycles. The number of rotatable bonds is 7. The fourth-order valence-electron chi connectivity index (χ4n) is 3.81. The van der Waals surface area contributed by atoms with Crippen molar-refractivity contribution in [2.45, 2.75) is 4.90 Å². The molecule has 0 radical (unpaired) electrons. The second-order valence-corrected chi connectivity index (χ2v) is 10.7. The Morgan fingerprint density at radius 2 is 1.47 bits per heavy atom. The van der Waals surface area contributed by atoms with Crippen molar-refractivity contribution in [3.05, 3.63) is 101 Å². The number of hydrogen-bond acceptors (Lipinski definition) is 4. The molecule has 36 heavy (non-hydrogen) atoms. The fourth-order valence-corrected chi connectivity index (χ4v) is 5.96. The lowest BCUT2D eigenvalue weighted by Crippen LogP contribution is -2.36. The minimum absolute atomic E-state index is 0.0383. The van der Waals surface area contributed by atoms with E-state index in [9.17, 15) is 23.1 Å². The Labute approximate surface area is 218 Å². The number of aliphatic carboxylic acids is 1. The molecule has 4 aromatic rings. The molecular weight excluding hydrogens is 523 g/mol. The van der Waals surface area contributed by atoms with Gasteiger partial charge < -0.3 is 10.0 Å². The molecule has 1 N–H and O–H groups in total. The molecule has 10 heteroatoms. The summed E-state index contributed by atoms with van der Waals surface area (Å²) in [5, 5.41) is 10.8. The number of halogens is 2. The Balaban J connectivity index is 1.92. The zero-order valence-corrected chi connectivity index (χ0v) is 21.3. The van der Waals surface area contributed by atoms with E-state index in [1.807, 2.05) is 6.07 Å². The Kier molecular flexibility index (Phi) is 7.21. The topological polar surface area (TPSA) is 95.0 Å². The van der Waals surface area contributed by atoms with Gasteiger partial charge in [0.05, 0.1) is 10.6 Å². The number of carbonyl (C=O) groups is 2. The third-order valence-electron chi connectivity index (χ3n) is 5.51. The quantitative estimate of drug-likeness (QED) is 0.323. The van der Waals surface area contributed by atoms with Gasteiger partial charge in [-0.25, -0.2) is 8.42 Å². The molecule has 4 aromatic carbocycles. The van der Waals surface area contributed by atoms with Crippen LogP contribution in [0.25, 0.3) is 10.8 Å². The molecule has 0 aromatic heterocycles. The van der Waals surface area contributed by atoms with Crippen molar-refractivity contribution in [3.8, 4) is 0 Å². The van der Waals surface area contributed by atoms with E-state index in [0.717, 1.165) is 4.31 Å². The van der Waals surface area contributed by atoms with Gasteiger partial charge >= 0.3 is 5.97 Å². The van der Waals surface area contributed by atoms with Crippen LogP contribution in [0.5, 0.6) is 0 Å². The van der Waals surface area contributed by atoms with Crippen LogP contribution in [0.15, 0.2) is 89.8 Å². The van der Waals surface area contributed by atoms with E-state index in [1.165, 1.54) is 29.2 Å². The third kappa shape index (κ3) is 5.16. The molecule has 4 rings (SSSR count). The third-order valence-corrected chi connectivity index (χ3v) is 7.68. The van der Waals surface area contributed by atoms with Crippen molar-refractivity contribution in [2.75, 3.05) is 22.8 Å². The van der Waals surface area contributed by atoms with Crippen LogP contribution in [-0.4, -0.2) is 39.0 Å². The van der Waals surface area contributed by atoms with Gasteiger partial charge in [-0.15, -0.1) is 0 Å². The SMILES string of the molecule is CN(C(=O)c1cc(N(CC(=O)O)S(=O)(=O)c2cc(Cl)cc(Cl)c2)c2ccccc2c1)c1ccccc1. The molecule has 184 valence electrons. The van der Waals surface area contributed by atoms with Crippen molar-refractivity contribution in [2.24, 2.45) is 0 Å². The Morgan fingerprint density at radius 3 is 2.11 bits per heavy atom. The molecule has 0 saturated carbocycles. The molecular formula is C26H20Cl2N2O5S. The molecule has 0 atom stereocenters. The van der Waals surface area contributed by atoms with Gasteiger partial charge in [-0.3, -0.25) is 13.9 Å². The van der Waals surface area contributed by atoms with Crippen LogP contribution in [0.4, 0.5) is 11.4 Å². The lowest BCUT2D eigenvalue weighted by atomic mass is 10.0. The summed E-state index contributed by atoms with van der Waals surface area (Å²) >= 11 is 12.1. The number of nitrogens with zero attached hydrogens (tertiary/aromatic N) is 2. The smallest absolute Gasteiger partial charge is 0.324 e. The summed E-state index contributed by atoms with van der Waals surface area (Å²) in [6, 6.07) is 22.6. The number of carbonyl (C=O) groups excluding carboxylic acids is 1. The Hall–Kier alpha value is -3.59. The van der Waals surface area contributed by atoms with Gasteiger partial charge in [0.15, 0.2) is 0 Å². The number of hydrogen-bond donors (Lipinski definition) is 1. The summed E-state index contributed by atoms with van der Waals surface area (Å²) < 4.78 is 28.2. The molecule has 0 spiro atoms. The van der Waals surface area contributed by atoms with Crippen LogP contribution in [0.3, 0.4) is 0 Å². The first-order valence-electron chi connectivity index (χ1n) is 10.6. The number of carboxylic acids is 1. The second-order valence-electron chi connectivity index (χ2n) is 7.93. The van der Waals surface area contributed by atoms with Crippen LogP contribution >= 0.6 is 23.2 Å². The molecule has 0 bridgehead atoms. The summed E-state index contributed by atoms with van der Waals surface area (Å²) in [5.74, 6) is -1.78. The first-order chi connectivity index (χ1) is 17.1. The van der Waals surface area contributed by atoms with Crippen LogP contribution in [-0.2, 0) is 14.8 Å². The van der Waals surface area contributed by atoms with E-state index in [2.05, 4.69) is 0 Å². The van der Waals surface area contributed by atoms with Crippen molar-refractivity contribution in [1.82, 2.24) is 0 Å². The van der Waals surface area contributed by atoms with Gasteiger partial charge in [-0.2, -0.15) is 0 Å². The zero-order valence-electron chi connectivity index (χ0n) is 18.9. The average Bonchev–Trinajstić information content (AvgIpc) is 2.85. The van der Waals surface area contributed by atoms with Crippen LogP contribution in [0.1, 0.15) is 10.4 Å². The molecule has 1 amide bonds. The highest BCUT2D eigenvalue weighted by molar-refractivity contribution is 7.93. The summed E-state index contributed by atoms with van der Waals surface area (Å²) in [7, 11) is -2.84. The van der Waals surface area contributed by atoms with Gasteiger partial charge in [-0.05, 0) is 47.9 Å². The number of fused-ring (bicyclic) bond motifs is 1. The van der Waals surface area contributed by atoms with E-state index in [4.69, 9.17) is 23.2 Å².